The molecule has 1 fully saturated rings. The Balaban J connectivity index is 1.52. The molecule has 6 nitrogen and oxygen atoms in total. The molecule has 1 amide bonds. The average molecular weight is 363 g/mol. The number of nitrogens with one attached hydrogen (secondary N) is 2. The summed E-state index contributed by atoms with van der Waals surface area (Å²) in [5, 5.41) is 14.5. The van der Waals surface area contributed by atoms with Crippen LogP contribution in [0, 0.1) is 13.8 Å². The summed E-state index contributed by atoms with van der Waals surface area (Å²) in [4.78, 5) is 12.7. The highest BCUT2D eigenvalue weighted by Gasteiger charge is 2.22. The SMILES string of the molecule is Cc1nn(C2CCCCC2)c(C)c1NC(=O)c1ccc(-c2cn[nH]c2)cc1. The first kappa shape index (κ1) is 17.5. The lowest BCUT2D eigenvalue weighted by Gasteiger charge is -2.23. The van der Waals surface area contributed by atoms with E-state index in [0.717, 1.165) is 28.2 Å². The molecule has 140 valence electrons. The molecule has 1 aromatic carbocycles. The number of amides is 1. The highest BCUT2D eigenvalue weighted by atomic mass is 16.1. The predicted octanol–water partition coefficient (Wildman–Crippen LogP) is 4.65. The fourth-order valence-corrected chi connectivity index (χ4v) is 3.93. The number of aromatic nitrogens is 4. The van der Waals surface area contributed by atoms with E-state index in [2.05, 4.69) is 20.2 Å². The smallest absolute Gasteiger partial charge is 0.255 e. The Hall–Kier alpha value is -2.89. The summed E-state index contributed by atoms with van der Waals surface area (Å²) in [6.07, 6.45) is 9.77. The van der Waals surface area contributed by atoms with Crippen molar-refractivity contribution in [3.63, 3.8) is 0 Å². The summed E-state index contributed by atoms with van der Waals surface area (Å²) < 4.78 is 2.12. The minimum Gasteiger partial charge on any atom is -0.319 e. The van der Waals surface area contributed by atoms with Crippen LogP contribution in [0.2, 0.25) is 0 Å². The molecule has 0 saturated heterocycles. The van der Waals surface area contributed by atoms with Gasteiger partial charge in [-0.15, -0.1) is 0 Å². The monoisotopic (exact) mass is 363 g/mol. The lowest BCUT2D eigenvalue weighted by molar-refractivity contribution is 0.102. The lowest BCUT2D eigenvalue weighted by Crippen LogP contribution is -2.16. The van der Waals surface area contributed by atoms with Crippen LogP contribution in [0.4, 0.5) is 5.69 Å². The molecule has 0 aliphatic heterocycles. The number of carbonyl (C=O) groups excluding carboxylic acids is 1. The summed E-state index contributed by atoms with van der Waals surface area (Å²) >= 11 is 0. The molecule has 0 unspecified atom stereocenters. The minimum absolute atomic E-state index is 0.108. The second-order valence-electron chi connectivity index (χ2n) is 7.30. The molecule has 0 atom stereocenters. The van der Waals surface area contributed by atoms with Crippen LogP contribution in [0.3, 0.4) is 0 Å². The van der Waals surface area contributed by atoms with Crippen LogP contribution in [0.25, 0.3) is 11.1 Å². The minimum atomic E-state index is -0.108. The first-order chi connectivity index (χ1) is 13.1. The molecule has 0 bridgehead atoms. The highest BCUT2D eigenvalue weighted by molar-refractivity contribution is 6.05. The topological polar surface area (TPSA) is 75.6 Å². The molecule has 27 heavy (non-hydrogen) atoms. The Morgan fingerprint density at radius 2 is 1.85 bits per heavy atom. The normalized spacial score (nSPS) is 15.0. The van der Waals surface area contributed by atoms with Crippen molar-refractivity contribution in [3.05, 3.63) is 53.6 Å². The average Bonchev–Trinajstić information content (AvgIpc) is 3.33. The van der Waals surface area contributed by atoms with Crippen LogP contribution in [-0.4, -0.2) is 25.9 Å². The number of hydrogen-bond donors (Lipinski definition) is 2. The van der Waals surface area contributed by atoms with Crippen molar-refractivity contribution in [2.75, 3.05) is 5.32 Å². The molecule has 0 spiro atoms. The Morgan fingerprint density at radius 1 is 1.11 bits per heavy atom. The van der Waals surface area contributed by atoms with Gasteiger partial charge in [-0.3, -0.25) is 14.6 Å². The van der Waals surface area contributed by atoms with Gasteiger partial charge < -0.3 is 5.32 Å². The van der Waals surface area contributed by atoms with Gasteiger partial charge in [-0.1, -0.05) is 31.4 Å². The molecule has 4 rings (SSSR count). The van der Waals surface area contributed by atoms with E-state index in [1.54, 1.807) is 6.20 Å². The van der Waals surface area contributed by atoms with Crippen molar-refractivity contribution >= 4 is 11.6 Å². The first-order valence-corrected chi connectivity index (χ1v) is 9.60. The van der Waals surface area contributed by atoms with Gasteiger partial charge in [0.25, 0.3) is 5.91 Å². The number of carbonyl (C=O) groups is 1. The third-order valence-electron chi connectivity index (χ3n) is 5.46. The van der Waals surface area contributed by atoms with Crippen LogP contribution in [-0.2, 0) is 0 Å². The summed E-state index contributed by atoms with van der Waals surface area (Å²) in [7, 11) is 0. The maximum atomic E-state index is 12.7. The Kier molecular flexibility index (Phi) is 4.79. The number of H-pyrrole nitrogens is 1. The number of benzene rings is 1. The number of nitrogens with zero attached hydrogens (tertiary/aromatic N) is 3. The molecule has 3 aromatic rings. The van der Waals surface area contributed by atoms with Gasteiger partial charge in [-0.25, -0.2) is 0 Å². The standard InChI is InChI=1S/C21H25N5O/c1-14-20(15(2)26(25-14)19-6-4-3-5-7-19)24-21(27)17-10-8-16(9-11-17)18-12-22-23-13-18/h8-13,19H,3-7H2,1-2H3,(H,22,23)(H,24,27). The van der Waals surface area contributed by atoms with Crippen molar-refractivity contribution < 1.29 is 4.79 Å². The molecular weight excluding hydrogens is 338 g/mol. The largest absolute Gasteiger partial charge is 0.319 e. The van der Waals surface area contributed by atoms with E-state index in [-0.39, 0.29) is 5.91 Å². The van der Waals surface area contributed by atoms with Gasteiger partial charge in [0, 0.05) is 17.3 Å². The fourth-order valence-electron chi connectivity index (χ4n) is 3.93. The summed E-state index contributed by atoms with van der Waals surface area (Å²) in [5.41, 5.74) is 5.42. The second-order valence-corrected chi connectivity index (χ2v) is 7.30. The van der Waals surface area contributed by atoms with Crippen molar-refractivity contribution in [2.24, 2.45) is 0 Å². The van der Waals surface area contributed by atoms with Crippen LogP contribution in [0.5, 0.6) is 0 Å². The van der Waals surface area contributed by atoms with Crippen molar-refractivity contribution in [1.82, 2.24) is 20.0 Å². The summed E-state index contributed by atoms with van der Waals surface area (Å²) in [6, 6.07) is 8.01. The maximum Gasteiger partial charge on any atom is 0.255 e. The first-order valence-electron chi connectivity index (χ1n) is 9.60. The molecule has 2 N–H and O–H groups in total. The van der Waals surface area contributed by atoms with Crippen LogP contribution < -0.4 is 5.32 Å². The van der Waals surface area contributed by atoms with Gasteiger partial charge in [0.1, 0.15) is 0 Å². The van der Waals surface area contributed by atoms with Crippen molar-refractivity contribution in [1.29, 1.82) is 0 Å². The molecule has 1 aliphatic carbocycles. The van der Waals surface area contributed by atoms with Crippen molar-refractivity contribution in [3.8, 4) is 11.1 Å². The number of hydrogen-bond acceptors (Lipinski definition) is 3. The molecule has 6 heteroatoms. The summed E-state index contributed by atoms with van der Waals surface area (Å²) in [6.45, 7) is 4.01. The fraction of sp³-hybridized carbons (Fsp3) is 0.381. The van der Waals surface area contributed by atoms with Gasteiger partial charge >= 0.3 is 0 Å². The third kappa shape index (κ3) is 3.52. The van der Waals surface area contributed by atoms with Crippen molar-refractivity contribution in [2.45, 2.75) is 52.0 Å². The summed E-state index contributed by atoms with van der Waals surface area (Å²) in [5.74, 6) is -0.108. The molecule has 0 radical (unpaired) electrons. The van der Waals surface area contributed by atoms with E-state index in [0.29, 0.717) is 11.6 Å². The molecule has 1 aliphatic rings. The number of anilines is 1. The van der Waals surface area contributed by atoms with Crippen LogP contribution in [0.1, 0.15) is 59.9 Å². The molecule has 2 aromatic heterocycles. The van der Waals surface area contributed by atoms with Crippen LogP contribution >= 0.6 is 0 Å². The third-order valence-corrected chi connectivity index (χ3v) is 5.46. The zero-order chi connectivity index (χ0) is 18.8. The maximum absolute atomic E-state index is 12.7. The number of aromatic amines is 1. The molecule has 2 heterocycles. The zero-order valence-corrected chi connectivity index (χ0v) is 15.8. The highest BCUT2D eigenvalue weighted by Crippen LogP contribution is 2.32. The Bertz CT molecular complexity index is 918. The quantitative estimate of drug-likeness (QED) is 0.708. The van der Waals surface area contributed by atoms with E-state index in [1.807, 2.05) is 44.3 Å². The van der Waals surface area contributed by atoms with Gasteiger partial charge in [0.05, 0.1) is 29.3 Å². The van der Waals surface area contributed by atoms with Gasteiger partial charge in [0.15, 0.2) is 0 Å². The van der Waals surface area contributed by atoms with Gasteiger partial charge in [0.2, 0.25) is 0 Å². The van der Waals surface area contributed by atoms with E-state index >= 15 is 0 Å². The Morgan fingerprint density at radius 3 is 2.52 bits per heavy atom. The lowest BCUT2D eigenvalue weighted by atomic mass is 9.95. The predicted molar refractivity (Wildman–Crippen MR) is 106 cm³/mol. The molecule has 1 saturated carbocycles. The zero-order valence-electron chi connectivity index (χ0n) is 15.8. The van der Waals surface area contributed by atoms with Crippen LogP contribution in [0.15, 0.2) is 36.7 Å². The van der Waals surface area contributed by atoms with E-state index < -0.39 is 0 Å². The van der Waals surface area contributed by atoms with Gasteiger partial charge in [-0.2, -0.15) is 10.2 Å². The molecular formula is C21H25N5O. The van der Waals surface area contributed by atoms with E-state index in [4.69, 9.17) is 5.10 Å². The second kappa shape index (κ2) is 7.39. The van der Waals surface area contributed by atoms with Gasteiger partial charge in [-0.05, 0) is 44.4 Å². The number of aryl methyl sites for hydroxylation is 1. The Labute approximate surface area is 159 Å². The van der Waals surface area contributed by atoms with E-state index in [9.17, 15) is 4.79 Å². The van der Waals surface area contributed by atoms with E-state index in [1.165, 1.54) is 32.1 Å². The number of rotatable bonds is 4.